The number of nitrogens with one attached hydrogen (secondary N) is 2. The lowest BCUT2D eigenvalue weighted by molar-refractivity contribution is -0.128. The molecular formula is C15H20N2O7. The number of carbonyl (C=O) groups excluding carboxylic acids is 4. The average Bonchev–Trinajstić information content (AvgIpc) is 2.82. The van der Waals surface area contributed by atoms with Gasteiger partial charge in [-0.3, -0.25) is 10.1 Å². The van der Waals surface area contributed by atoms with Crippen molar-refractivity contribution in [2.24, 2.45) is 0 Å². The fraction of sp³-hybridized carbons (Fsp3) is 0.467. The van der Waals surface area contributed by atoms with Gasteiger partial charge in [0.25, 0.3) is 5.91 Å². The maximum absolute atomic E-state index is 12.3. The van der Waals surface area contributed by atoms with E-state index in [-0.39, 0.29) is 17.9 Å². The van der Waals surface area contributed by atoms with Crippen molar-refractivity contribution in [2.45, 2.75) is 33.8 Å². The molecule has 0 spiro atoms. The lowest BCUT2D eigenvalue weighted by Crippen LogP contribution is -2.39. The number of ether oxygens (including phenoxy) is 3. The maximum Gasteiger partial charge on any atom is 0.413 e. The molecule has 1 atom stereocenters. The van der Waals surface area contributed by atoms with Crippen LogP contribution < -0.4 is 5.32 Å². The Hall–Kier alpha value is -2.84. The molecule has 24 heavy (non-hydrogen) atoms. The van der Waals surface area contributed by atoms with Crippen LogP contribution >= 0.6 is 0 Å². The molecule has 0 saturated carbocycles. The van der Waals surface area contributed by atoms with E-state index in [1.807, 2.05) is 5.32 Å². The third kappa shape index (κ3) is 4.34. The van der Waals surface area contributed by atoms with E-state index >= 15 is 0 Å². The Morgan fingerprint density at radius 1 is 1.17 bits per heavy atom. The molecule has 0 radical (unpaired) electrons. The van der Waals surface area contributed by atoms with Crippen molar-refractivity contribution in [3.05, 3.63) is 22.5 Å². The number of aromatic amines is 1. The van der Waals surface area contributed by atoms with E-state index in [1.165, 1.54) is 6.92 Å². The van der Waals surface area contributed by atoms with E-state index in [0.29, 0.717) is 11.3 Å². The van der Waals surface area contributed by atoms with E-state index in [4.69, 9.17) is 9.47 Å². The van der Waals surface area contributed by atoms with Crippen molar-refractivity contribution >= 4 is 23.9 Å². The maximum atomic E-state index is 12.3. The SMILES string of the molecule is CCOC(=O)c1[nH]c(C)c(C(=O)O[C@@H](C)C(=O)NC(=O)OC)c1C. The minimum Gasteiger partial charge on any atom is -0.461 e. The van der Waals surface area contributed by atoms with E-state index in [0.717, 1.165) is 7.11 Å². The Morgan fingerprint density at radius 2 is 1.79 bits per heavy atom. The van der Waals surface area contributed by atoms with Crippen LogP contribution in [0.15, 0.2) is 0 Å². The van der Waals surface area contributed by atoms with Gasteiger partial charge in [-0.1, -0.05) is 0 Å². The number of imide groups is 1. The Morgan fingerprint density at radius 3 is 2.33 bits per heavy atom. The molecule has 1 rings (SSSR count). The van der Waals surface area contributed by atoms with Crippen molar-refractivity contribution < 1.29 is 33.4 Å². The monoisotopic (exact) mass is 340 g/mol. The van der Waals surface area contributed by atoms with Crippen LogP contribution in [0, 0.1) is 13.8 Å². The van der Waals surface area contributed by atoms with Gasteiger partial charge in [0.15, 0.2) is 6.10 Å². The molecular weight excluding hydrogens is 320 g/mol. The summed E-state index contributed by atoms with van der Waals surface area (Å²) in [6.07, 6.45) is -2.18. The number of aromatic nitrogens is 1. The number of esters is 2. The Balaban J connectivity index is 2.90. The summed E-state index contributed by atoms with van der Waals surface area (Å²) in [4.78, 5) is 49.5. The fourth-order valence-corrected chi connectivity index (χ4v) is 1.99. The van der Waals surface area contributed by atoms with Crippen molar-refractivity contribution in [3.63, 3.8) is 0 Å². The zero-order valence-electron chi connectivity index (χ0n) is 14.1. The molecule has 2 amide bonds. The van der Waals surface area contributed by atoms with Crippen LogP contribution in [0.4, 0.5) is 4.79 Å². The molecule has 0 aliphatic heterocycles. The Bertz CT molecular complexity index is 663. The molecule has 132 valence electrons. The molecule has 0 fully saturated rings. The Labute approximate surface area is 138 Å². The quantitative estimate of drug-likeness (QED) is 0.610. The summed E-state index contributed by atoms with van der Waals surface area (Å²) in [7, 11) is 1.10. The molecule has 0 aliphatic rings. The standard InChI is InChI=1S/C15H20N2O7/c1-6-23-14(20)11-7(2)10(8(3)16-11)13(19)24-9(4)12(18)17-15(21)22-5/h9,16H,6H2,1-5H3,(H,17,18,21)/t9-/m0/s1. The summed E-state index contributed by atoms with van der Waals surface area (Å²) in [6.45, 7) is 6.32. The number of methoxy groups -OCH3 is 1. The van der Waals surface area contributed by atoms with E-state index in [9.17, 15) is 19.2 Å². The zero-order chi connectivity index (χ0) is 18.4. The summed E-state index contributed by atoms with van der Waals surface area (Å²) >= 11 is 0. The minimum atomic E-state index is -1.23. The summed E-state index contributed by atoms with van der Waals surface area (Å²) in [5.74, 6) is -2.22. The number of alkyl carbamates (subject to hydrolysis) is 1. The summed E-state index contributed by atoms with van der Waals surface area (Å²) in [6, 6.07) is 0. The van der Waals surface area contributed by atoms with Crippen LogP contribution in [0.2, 0.25) is 0 Å². The summed E-state index contributed by atoms with van der Waals surface area (Å²) in [5, 5.41) is 1.90. The summed E-state index contributed by atoms with van der Waals surface area (Å²) < 4.78 is 14.2. The second-order valence-electron chi connectivity index (χ2n) is 4.87. The lowest BCUT2D eigenvalue weighted by atomic mass is 10.1. The Kier molecular flexibility index (Phi) is 6.51. The van der Waals surface area contributed by atoms with Crippen LogP contribution in [-0.2, 0) is 19.0 Å². The van der Waals surface area contributed by atoms with Gasteiger partial charge in [0.05, 0.1) is 19.3 Å². The number of hydrogen-bond donors (Lipinski definition) is 2. The molecule has 9 nitrogen and oxygen atoms in total. The van der Waals surface area contributed by atoms with Crippen molar-refractivity contribution in [1.82, 2.24) is 10.3 Å². The number of aryl methyl sites for hydroxylation is 1. The van der Waals surface area contributed by atoms with Gasteiger partial charge in [-0.25, -0.2) is 14.4 Å². The second kappa shape index (κ2) is 8.14. The van der Waals surface area contributed by atoms with Crippen molar-refractivity contribution in [1.29, 1.82) is 0 Å². The molecule has 1 aromatic heterocycles. The van der Waals surface area contributed by atoms with E-state index in [2.05, 4.69) is 9.72 Å². The third-order valence-corrected chi connectivity index (χ3v) is 3.18. The topological polar surface area (TPSA) is 124 Å². The molecule has 2 N–H and O–H groups in total. The normalized spacial score (nSPS) is 11.4. The van der Waals surface area contributed by atoms with E-state index in [1.54, 1.807) is 20.8 Å². The third-order valence-electron chi connectivity index (χ3n) is 3.18. The first-order chi connectivity index (χ1) is 11.2. The summed E-state index contributed by atoms with van der Waals surface area (Å²) in [5.41, 5.74) is 1.04. The van der Waals surface area contributed by atoms with Gasteiger partial charge in [0, 0.05) is 5.69 Å². The van der Waals surface area contributed by atoms with Crippen LogP contribution in [0.25, 0.3) is 0 Å². The first-order valence-corrected chi connectivity index (χ1v) is 7.18. The van der Waals surface area contributed by atoms with Gasteiger partial charge in [0.2, 0.25) is 0 Å². The van der Waals surface area contributed by atoms with E-state index < -0.39 is 30.0 Å². The number of carbonyl (C=O) groups is 4. The lowest BCUT2D eigenvalue weighted by Gasteiger charge is -2.12. The van der Waals surface area contributed by atoms with Gasteiger partial charge < -0.3 is 19.2 Å². The number of hydrogen-bond acceptors (Lipinski definition) is 7. The first kappa shape index (κ1) is 19.2. The van der Waals surface area contributed by atoms with Gasteiger partial charge in [-0.15, -0.1) is 0 Å². The molecule has 0 aromatic carbocycles. The largest absolute Gasteiger partial charge is 0.461 e. The van der Waals surface area contributed by atoms with Crippen LogP contribution in [-0.4, -0.2) is 48.7 Å². The van der Waals surface area contributed by atoms with Crippen molar-refractivity contribution in [3.8, 4) is 0 Å². The van der Waals surface area contributed by atoms with Crippen LogP contribution in [0.3, 0.4) is 0 Å². The zero-order valence-corrected chi connectivity index (χ0v) is 14.1. The van der Waals surface area contributed by atoms with Gasteiger partial charge in [0.1, 0.15) is 5.69 Å². The highest BCUT2D eigenvalue weighted by Crippen LogP contribution is 2.20. The smallest absolute Gasteiger partial charge is 0.413 e. The average molecular weight is 340 g/mol. The molecule has 9 heteroatoms. The first-order valence-electron chi connectivity index (χ1n) is 7.18. The number of rotatable bonds is 5. The van der Waals surface area contributed by atoms with Crippen LogP contribution in [0.5, 0.6) is 0 Å². The fourth-order valence-electron chi connectivity index (χ4n) is 1.99. The predicted molar refractivity (Wildman–Crippen MR) is 81.6 cm³/mol. The molecule has 0 saturated heterocycles. The molecule has 0 aliphatic carbocycles. The van der Waals surface area contributed by atoms with Crippen molar-refractivity contribution in [2.75, 3.05) is 13.7 Å². The molecule has 1 heterocycles. The van der Waals surface area contributed by atoms with Gasteiger partial charge in [-0.05, 0) is 33.3 Å². The highest BCUT2D eigenvalue weighted by Gasteiger charge is 2.27. The highest BCUT2D eigenvalue weighted by atomic mass is 16.6. The molecule has 1 aromatic rings. The van der Waals surface area contributed by atoms with Gasteiger partial charge >= 0.3 is 18.0 Å². The second-order valence-corrected chi connectivity index (χ2v) is 4.87. The van der Waals surface area contributed by atoms with Crippen LogP contribution in [0.1, 0.15) is 46.0 Å². The molecule has 0 bridgehead atoms. The highest BCUT2D eigenvalue weighted by molar-refractivity contribution is 6.00. The predicted octanol–water partition coefficient (Wildman–Crippen LogP) is 1.24. The minimum absolute atomic E-state index is 0.135. The molecule has 0 unspecified atom stereocenters. The van der Waals surface area contributed by atoms with Gasteiger partial charge in [-0.2, -0.15) is 0 Å². The number of amides is 2. The number of H-pyrrole nitrogens is 1.